The molecule has 0 saturated carbocycles. The zero-order valence-corrected chi connectivity index (χ0v) is 15.4. The lowest BCUT2D eigenvalue weighted by atomic mass is 10.3. The first kappa shape index (κ1) is 17.3. The van der Waals surface area contributed by atoms with E-state index in [0.29, 0.717) is 0 Å². The molecule has 0 aromatic carbocycles. The van der Waals surface area contributed by atoms with Gasteiger partial charge in [-0.3, -0.25) is 0 Å². The smallest absolute Gasteiger partial charge is 0.121 e. The van der Waals surface area contributed by atoms with Crippen LogP contribution in [0.2, 0.25) is 26.2 Å². The van der Waals surface area contributed by atoms with Gasteiger partial charge in [0.15, 0.2) is 0 Å². The summed E-state index contributed by atoms with van der Waals surface area (Å²) in [6, 6.07) is 0. The molecule has 104 valence electrons. The van der Waals surface area contributed by atoms with Crippen LogP contribution in [0.25, 0.3) is 0 Å². The van der Waals surface area contributed by atoms with E-state index in [1.165, 1.54) is 0 Å². The van der Waals surface area contributed by atoms with Crippen molar-refractivity contribution in [2.75, 3.05) is 20.3 Å². The van der Waals surface area contributed by atoms with E-state index < -0.39 is 8.24 Å². The predicted octanol–water partition coefficient (Wildman–Crippen LogP) is 2.09. The fraction of sp³-hybridized carbons (Fsp3) is 1.00. The minimum atomic E-state index is -1.38. The molecule has 0 N–H and O–H groups in total. The van der Waals surface area contributed by atoms with Gasteiger partial charge in [0.2, 0.25) is 0 Å². The van der Waals surface area contributed by atoms with Crippen LogP contribution in [0.4, 0.5) is 0 Å². The quantitative estimate of drug-likeness (QED) is 0.501. The lowest BCUT2D eigenvalue weighted by molar-refractivity contribution is -0.139. The van der Waals surface area contributed by atoms with E-state index in [1.807, 2.05) is 0 Å². The number of rotatable bonds is 8. The number of hydrogen-bond donors (Lipinski definition) is 0. The zero-order valence-electron chi connectivity index (χ0n) is 13.0. The highest BCUT2D eigenvalue weighted by Crippen LogP contribution is 2.27. The van der Waals surface area contributed by atoms with Crippen LogP contribution in [0.3, 0.4) is 0 Å². The number of hydrogen-bond acceptors (Lipinski definition) is 3. The van der Waals surface area contributed by atoms with Gasteiger partial charge in [0, 0.05) is 13.2 Å². The Balaban J connectivity index is 5.19. The summed E-state index contributed by atoms with van der Waals surface area (Å²) >= 11 is 0. The molecule has 3 nitrogen and oxygen atoms in total. The highest BCUT2D eigenvalue weighted by Gasteiger charge is 2.44. The van der Waals surface area contributed by atoms with Crippen LogP contribution in [0.5, 0.6) is 0 Å². The van der Waals surface area contributed by atoms with Crippen molar-refractivity contribution in [1.29, 1.82) is 0 Å². The zero-order chi connectivity index (χ0) is 13.7. The van der Waals surface area contributed by atoms with Gasteiger partial charge in [0.1, 0.15) is 13.6 Å². The first-order chi connectivity index (χ1) is 7.76. The van der Waals surface area contributed by atoms with Gasteiger partial charge in [-0.05, 0) is 27.8 Å². The molecule has 0 bridgehead atoms. The first-order valence-corrected chi connectivity index (χ1v) is 12.3. The Morgan fingerprint density at radius 2 is 1.76 bits per heavy atom. The Kier molecular flexibility index (Phi) is 7.17. The third-order valence-corrected chi connectivity index (χ3v) is 8.50. The highest BCUT2D eigenvalue weighted by molar-refractivity contribution is 6.74. The molecule has 0 saturated heterocycles. The first-order valence-electron chi connectivity index (χ1n) is 6.75. The molecular formula is C12H31NO2Si2. The maximum Gasteiger partial charge on any atom is 0.121 e. The van der Waals surface area contributed by atoms with E-state index in [-0.39, 0.29) is 21.0 Å². The monoisotopic (exact) mass is 277 g/mol. The lowest BCUT2D eigenvalue weighted by Crippen LogP contribution is -2.67. The Morgan fingerprint density at radius 1 is 1.24 bits per heavy atom. The molecule has 0 spiro atoms. The van der Waals surface area contributed by atoms with Crippen LogP contribution in [-0.4, -0.2) is 54.0 Å². The van der Waals surface area contributed by atoms with Crippen molar-refractivity contribution >= 4 is 17.8 Å². The van der Waals surface area contributed by atoms with Crippen LogP contribution in [0, 0.1) is 0 Å². The van der Waals surface area contributed by atoms with E-state index in [1.54, 1.807) is 0 Å². The van der Waals surface area contributed by atoms with Crippen LogP contribution in [-0.2, 0) is 9.47 Å². The van der Waals surface area contributed by atoms with Gasteiger partial charge in [0.25, 0.3) is 0 Å². The molecule has 0 aromatic rings. The Morgan fingerprint density at radius 3 is 2.06 bits per heavy atom. The number of likely N-dealkylation sites (N-methyl/N-ethyl adjacent to an activating group) is 1. The summed E-state index contributed by atoms with van der Waals surface area (Å²) in [4.78, 5) is 0. The lowest BCUT2D eigenvalue weighted by Gasteiger charge is -2.50. The summed E-state index contributed by atoms with van der Waals surface area (Å²) in [7, 11) is 0.462. The van der Waals surface area contributed by atoms with Gasteiger partial charge in [-0.15, -0.1) is 0 Å². The topological polar surface area (TPSA) is 21.7 Å². The van der Waals surface area contributed by atoms with Crippen molar-refractivity contribution in [1.82, 2.24) is 4.57 Å². The molecule has 0 aliphatic rings. The molecule has 0 heterocycles. The molecular weight excluding hydrogens is 246 g/mol. The van der Waals surface area contributed by atoms with Crippen molar-refractivity contribution in [3.63, 3.8) is 0 Å². The van der Waals surface area contributed by atoms with Crippen LogP contribution in [0.1, 0.15) is 20.8 Å². The average Bonchev–Trinajstić information content (AvgIpc) is 2.24. The van der Waals surface area contributed by atoms with Gasteiger partial charge in [-0.2, -0.15) is 0 Å². The van der Waals surface area contributed by atoms with Gasteiger partial charge in [0.05, 0.1) is 15.6 Å². The molecule has 0 rings (SSSR count). The molecule has 0 aliphatic heterocycles. The van der Waals surface area contributed by atoms with Gasteiger partial charge >= 0.3 is 0 Å². The van der Waals surface area contributed by atoms with Crippen molar-refractivity contribution in [2.45, 2.75) is 58.4 Å². The molecule has 0 amide bonds. The normalized spacial score (nSPS) is 18.9. The van der Waals surface area contributed by atoms with E-state index in [2.05, 4.69) is 58.6 Å². The summed E-state index contributed by atoms with van der Waals surface area (Å²) in [6.45, 7) is 17.2. The SMILES string of the molecule is CCOC(C)C(OCC)([SiH2]C)N(C)[Si](C)(C)C. The Hall–Kier alpha value is 0.314. The largest absolute Gasteiger partial charge is 0.375 e. The Labute approximate surface area is 111 Å². The second-order valence-electron chi connectivity index (χ2n) is 5.46. The summed E-state index contributed by atoms with van der Waals surface area (Å²) < 4.78 is 14.5. The second kappa shape index (κ2) is 7.04. The highest BCUT2D eigenvalue weighted by atomic mass is 28.3. The third-order valence-electron chi connectivity index (χ3n) is 3.53. The van der Waals surface area contributed by atoms with E-state index in [0.717, 1.165) is 13.2 Å². The molecule has 0 fully saturated rings. The molecule has 2 atom stereocenters. The van der Waals surface area contributed by atoms with Crippen molar-refractivity contribution in [2.24, 2.45) is 0 Å². The minimum Gasteiger partial charge on any atom is -0.375 e. The van der Waals surface area contributed by atoms with Crippen molar-refractivity contribution < 1.29 is 9.47 Å². The number of nitrogens with zero attached hydrogens (tertiary/aromatic N) is 1. The van der Waals surface area contributed by atoms with Gasteiger partial charge in [-0.25, -0.2) is 0 Å². The summed E-state index contributed by atoms with van der Waals surface area (Å²) in [5.74, 6) is 0. The molecule has 0 radical (unpaired) electrons. The average molecular weight is 278 g/mol. The third kappa shape index (κ3) is 4.17. The Bertz CT molecular complexity index is 221. The predicted molar refractivity (Wildman–Crippen MR) is 81.0 cm³/mol. The standard InChI is InChI=1S/C12H31NO2Si2/c1-9-14-11(3)12(16-5,15-10-2)13(4)17(6,7)8/h11H,9-10,16H2,1-8H3. The molecule has 0 aromatic heterocycles. The second-order valence-corrected chi connectivity index (χ2v) is 12.2. The molecule has 2 unspecified atom stereocenters. The fourth-order valence-electron chi connectivity index (χ4n) is 2.31. The van der Waals surface area contributed by atoms with Crippen LogP contribution in [0.15, 0.2) is 0 Å². The molecule has 17 heavy (non-hydrogen) atoms. The van der Waals surface area contributed by atoms with Crippen LogP contribution < -0.4 is 0 Å². The van der Waals surface area contributed by atoms with Crippen molar-refractivity contribution in [3.05, 3.63) is 0 Å². The molecule has 0 aliphatic carbocycles. The summed E-state index contributed by atoms with van der Waals surface area (Å²) in [6.07, 6.45) is 0.154. The van der Waals surface area contributed by atoms with Crippen molar-refractivity contribution in [3.8, 4) is 0 Å². The summed E-state index contributed by atoms with van der Waals surface area (Å²) in [5.41, 5.74) is 0. The fourth-order valence-corrected chi connectivity index (χ4v) is 7.17. The minimum absolute atomic E-state index is 0.144. The maximum atomic E-state index is 6.18. The molecule has 5 heteroatoms. The maximum absolute atomic E-state index is 6.18. The van der Waals surface area contributed by atoms with Gasteiger partial charge < -0.3 is 14.0 Å². The van der Waals surface area contributed by atoms with E-state index in [9.17, 15) is 0 Å². The van der Waals surface area contributed by atoms with E-state index >= 15 is 0 Å². The summed E-state index contributed by atoms with van der Waals surface area (Å²) in [5, 5.41) is -0.144. The van der Waals surface area contributed by atoms with Crippen LogP contribution >= 0.6 is 0 Å². The number of ether oxygens (including phenoxy) is 2. The van der Waals surface area contributed by atoms with Gasteiger partial charge in [-0.1, -0.05) is 26.2 Å². The van der Waals surface area contributed by atoms with E-state index in [4.69, 9.17) is 9.47 Å².